The molecule has 1 N–H and O–H groups in total. The van der Waals surface area contributed by atoms with E-state index in [4.69, 9.17) is 12.2 Å². The monoisotopic (exact) mass is 398 g/mol. The Morgan fingerprint density at radius 2 is 1.52 bits per heavy atom. The largest absolute Gasteiger partial charge is 0.250 e. The zero-order valence-electron chi connectivity index (χ0n) is 15.2. The molecule has 6 heteroatoms. The Bertz CT molecular complexity index is 1390. The van der Waals surface area contributed by atoms with Crippen LogP contribution in [0.15, 0.2) is 84.0 Å². The predicted molar refractivity (Wildman–Crippen MR) is 117 cm³/mol. The van der Waals surface area contributed by atoms with Gasteiger partial charge >= 0.3 is 0 Å². The molecule has 0 aliphatic carbocycles. The van der Waals surface area contributed by atoms with Gasteiger partial charge in [0.1, 0.15) is 5.82 Å². The van der Waals surface area contributed by atoms with E-state index >= 15 is 0 Å². The van der Waals surface area contributed by atoms with Crippen LogP contribution in [0.4, 0.5) is 4.39 Å². The van der Waals surface area contributed by atoms with Crippen LogP contribution < -0.4 is 0 Å². The summed E-state index contributed by atoms with van der Waals surface area (Å²) in [5.74, 6) is -0.0533. The fraction of sp³-hybridized carbons (Fsp3) is 0. The summed E-state index contributed by atoms with van der Waals surface area (Å²) in [5.41, 5.74) is 1.31. The Balaban J connectivity index is 1.73. The first-order chi connectivity index (χ1) is 14.2. The van der Waals surface area contributed by atoms with Crippen LogP contribution in [0.25, 0.3) is 32.9 Å². The number of rotatable bonds is 3. The van der Waals surface area contributed by atoms with E-state index in [1.165, 1.54) is 10.7 Å². The molecule has 0 atom stereocenters. The number of aromatic nitrogens is 3. The quantitative estimate of drug-likeness (QED) is 0.232. The summed E-state index contributed by atoms with van der Waals surface area (Å²) in [5, 5.41) is 15.9. The van der Waals surface area contributed by atoms with E-state index in [-0.39, 0.29) is 5.82 Å². The molecule has 0 bridgehead atoms. The molecule has 4 nitrogen and oxygen atoms in total. The molecular formula is C23H15FN4S. The van der Waals surface area contributed by atoms with Crippen molar-refractivity contribution >= 4 is 40.0 Å². The Morgan fingerprint density at radius 3 is 2.21 bits per heavy atom. The topological polar surface area (TPSA) is 46.0 Å². The second-order valence-corrected chi connectivity index (χ2v) is 7.01. The van der Waals surface area contributed by atoms with Gasteiger partial charge in [-0.2, -0.15) is 14.9 Å². The Labute approximate surface area is 170 Å². The molecule has 5 aromatic rings. The summed E-state index contributed by atoms with van der Waals surface area (Å²) in [6.45, 7) is 0. The third-order valence-corrected chi connectivity index (χ3v) is 5.14. The van der Waals surface area contributed by atoms with Crippen LogP contribution in [0.1, 0.15) is 5.56 Å². The molecule has 0 saturated carbocycles. The maximum absolute atomic E-state index is 14.3. The zero-order chi connectivity index (χ0) is 19.8. The summed E-state index contributed by atoms with van der Waals surface area (Å²) in [6.07, 6.45) is 1.76. The average molecular weight is 398 g/mol. The van der Waals surface area contributed by atoms with Gasteiger partial charge in [0.15, 0.2) is 5.82 Å². The van der Waals surface area contributed by atoms with Crippen molar-refractivity contribution in [3.05, 3.63) is 95.0 Å². The number of hydrogen-bond acceptors (Lipinski definition) is 3. The van der Waals surface area contributed by atoms with Crippen LogP contribution in [0, 0.1) is 10.6 Å². The van der Waals surface area contributed by atoms with Gasteiger partial charge in [-0.05, 0) is 52.0 Å². The van der Waals surface area contributed by atoms with E-state index in [1.54, 1.807) is 24.4 Å². The van der Waals surface area contributed by atoms with Gasteiger partial charge in [0.05, 0.1) is 11.8 Å². The van der Waals surface area contributed by atoms with Gasteiger partial charge < -0.3 is 0 Å². The normalized spacial score (nSPS) is 11.6. The van der Waals surface area contributed by atoms with E-state index in [2.05, 4.69) is 45.6 Å². The van der Waals surface area contributed by atoms with E-state index in [0.29, 0.717) is 16.2 Å². The SMILES string of the molecule is Fc1ccccc1-c1n[nH]c(=S)n1/N=C/c1c2ccccc2cc2ccccc12. The van der Waals surface area contributed by atoms with Crippen molar-refractivity contribution in [2.24, 2.45) is 5.10 Å². The molecule has 140 valence electrons. The van der Waals surface area contributed by atoms with Crippen LogP contribution in [-0.2, 0) is 0 Å². The lowest BCUT2D eigenvalue weighted by Gasteiger charge is -2.08. The van der Waals surface area contributed by atoms with E-state index in [1.807, 2.05) is 24.3 Å². The molecule has 0 aliphatic rings. The van der Waals surface area contributed by atoms with Crippen LogP contribution in [-0.4, -0.2) is 21.1 Å². The van der Waals surface area contributed by atoms with Gasteiger partial charge in [0.2, 0.25) is 4.77 Å². The van der Waals surface area contributed by atoms with Crippen LogP contribution >= 0.6 is 12.2 Å². The second kappa shape index (κ2) is 7.07. The summed E-state index contributed by atoms with van der Waals surface area (Å²) in [7, 11) is 0. The Kier molecular flexibility index (Phi) is 4.26. The lowest BCUT2D eigenvalue weighted by Crippen LogP contribution is -1.97. The van der Waals surface area contributed by atoms with Crippen molar-refractivity contribution in [3.63, 3.8) is 0 Å². The van der Waals surface area contributed by atoms with Crippen molar-refractivity contribution in [1.82, 2.24) is 14.9 Å². The molecular weight excluding hydrogens is 383 g/mol. The van der Waals surface area contributed by atoms with Gasteiger partial charge in [-0.3, -0.25) is 0 Å². The number of hydrogen-bond donors (Lipinski definition) is 1. The number of nitrogens with one attached hydrogen (secondary N) is 1. The Hall–Kier alpha value is -3.64. The summed E-state index contributed by atoms with van der Waals surface area (Å²) < 4.78 is 16.0. The number of benzene rings is 4. The molecule has 0 saturated heterocycles. The van der Waals surface area contributed by atoms with Crippen molar-refractivity contribution in [2.75, 3.05) is 0 Å². The zero-order valence-corrected chi connectivity index (χ0v) is 16.0. The smallest absolute Gasteiger partial charge is 0.216 e. The molecule has 0 amide bonds. The minimum atomic E-state index is -0.381. The maximum atomic E-state index is 14.3. The number of halogens is 1. The van der Waals surface area contributed by atoms with Gasteiger partial charge in [-0.15, -0.1) is 0 Å². The van der Waals surface area contributed by atoms with E-state index in [0.717, 1.165) is 27.1 Å². The first-order valence-corrected chi connectivity index (χ1v) is 9.50. The summed E-state index contributed by atoms with van der Waals surface area (Å²) >= 11 is 5.33. The second-order valence-electron chi connectivity index (χ2n) is 6.62. The third-order valence-electron chi connectivity index (χ3n) is 4.88. The van der Waals surface area contributed by atoms with E-state index < -0.39 is 0 Å². The molecule has 0 unspecified atom stereocenters. The highest BCUT2D eigenvalue weighted by atomic mass is 32.1. The third kappa shape index (κ3) is 3.03. The minimum absolute atomic E-state index is 0.295. The minimum Gasteiger partial charge on any atom is -0.250 e. The van der Waals surface area contributed by atoms with Gasteiger partial charge in [-0.1, -0.05) is 60.7 Å². The van der Waals surface area contributed by atoms with E-state index in [9.17, 15) is 4.39 Å². The molecule has 5 rings (SSSR count). The molecule has 0 radical (unpaired) electrons. The van der Waals surface area contributed by atoms with Gasteiger partial charge in [0, 0.05) is 5.56 Å². The number of H-pyrrole nitrogens is 1. The molecule has 1 aromatic heterocycles. The highest BCUT2D eigenvalue weighted by molar-refractivity contribution is 7.71. The fourth-order valence-electron chi connectivity index (χ4n) is 3.52. The lowest BCUT2D eigenvalue weighted by molar-refractivity contribution is 0.628. The fourth-order valence-corrected chi connectivity index (χ4v) is 3.70. The van der Waals surface area contributed by atoms with Gasteiger partial charge in [-0.25, -0.2) is 9.49 Å². The highest BCUT2D eigenvalue weighted by Crippen LogP contribution is 2.27. The van der Waals surface area contributed by atoms with Gasteiger partial charge in [0.25, 0.3) is 0 Å². The van der Waals surface area contributed by atoms with Crippen LogP contribution in [0.5, 0.6) is 0 Å². The predicted octanol–water partition coefficient (Wildman–Crippen LogP) is 5.94. The summed E-state index contributed by atoms with van der Waals surface area (Å²) in [6, 6.07) is 24.9. The molecule has 29 heavy (non-hydrogen) atoms. The van der Waals surface area contributed by atoms with Crippen molar-refractivity contribution < 1.29 is 4.39 Å². The summed E-state index contributed by atoms with van der Waals surface area (Å²) in [4.78, 5) is 0. The number of aromatic amines is 1. The Morgan fingerprint density at radius 1 is 0.897 bits per heavy atom. The molecule has 0 fully saturated rings. The first kappa shape index (κ1) is 17.5. The molecule has 4 aromatic carbocycles. The van der Waals surface area contributed by atoms with Crippen molar-refractivity contribution in [2.45, 2.75) is 0 Å². The maximum Gasteiger partial charge on any atom is 0.216 e. The average Bonchev–Trinajstić information content (AvgIpc) is 3.11. The number of fused-ring (bicyclic) bond motifs is 2. The molecule has 0 aliphatic heterocycles. The molecule has 0 spiro atoms. The standard InChI is InChI=1S/C23H15FN4S/c24-21-12-6-5-11-19(21)22-26-27-23(29)28(22)25-14-20-17-9-3-1-7-15(17)13-16-8-2-4-10-18(16)20/h1-14H,(H,27,29)/b25-14+. The van der Waals surface area contributed by atoms with Crippen LogP contribution in [0.3, 0.4) is 0 Å². The first-order valence-electron chi connectivity index (χ1n) is 9.09. The molecule has 1 heterocycles. The lowest BCUT2D eigenvalue weighted by atomic mass is 9.97. The van der Waals surface area contributed by atoms with Crippen molar-refractivity contribution in [1.29, 1.82) is 0 Å². The highest BCUT2D eigenvalue weighted by Gasteiger charge is 2.13. The van der Waals surface area contributed by atoms with Crippen LogP contribution in [0.2, 0.25) is 0 Å². The van der Waals surface area contributed by atoms with Crippen molar-refractivity contribution in [3.8, 4) is 11.4 Å². The number of nitrogens with zero attached hydrogens (tertiary/aromatic N) is 3.